The molecule has 9 heteroatoms. The predicted octanol–water partition coefficient (Wildman–Crippen LogP) is 3.93. The summed E-state index contributed by atoms with van der Waals surface area (Å²) in [5, 5.41) is 5.59. The van der Waals surface area contributed by atoms with E-state index in [2.05, 4.69) is 20.5 Å². The highest BCUT2D eigenvalue weighted by Gasteiger charge is 2.18. The maximum Gasteiger partial charge on any atom is 0.323 e. The average Bonchev–Trinajstić information content (AvgIpc) is 2.81. The van der Waals surface area contributed by atoms with E-state index in [0.717, 1.165) is 29.4 Å². The topological polar surface area (TPSA) is 105 Å². The molecule has 0 spiro atoms. The number of aromatic nitrogens is 2. The van der Waals surface area contributed by atoms with Crippen LogP contribution in [-0.4, -0.2) is 48.6 Å². The summed E-state index contributed by atoms with van der Waals surface area (Å²) >= 11 is 1.63. The molecule has 0 bridgehead atoms. The van der Waals surface area contributed by atoms with Crippen molar-refractivity contribution in [3.63, 3.8) is 0 Å². The molecular formula is C22H24N6O2S. The fourth-order valence-corrected chi connectivity index (χ4v) is 3.72. The normalized spacial score (nSPS) is 13.6. The lowest BCUT2D eigenvalue weighted by atomic mass is 10.2. The van der Waals surface area contributed by atoms with Gasteiger partial charge in [-0.05, 0) is 54.8 Å². The second-order valence-electron chi connectivity index (χ2n) is 6.96. The van der Waals surface area contributed by atoms with Crippen LogP contribution >= 0.6 is 11.8 Å². The first-order valence-corrected chi connectivity index (χ1v) is 11.1. The van der Waals surface area contributed by atoms with Crippen molar-refractivity contribution in [3.8, 4) is 11.4 Å². The fraction of sp³-hybridized carbons (Fsp3) is 0.227. The summed E-state index contributed by atoms with van der Waals surface area (Å²) in [7, 11) is 0. The summed E-state index contributed by atoms with van der Waals surface area (Å²) in [6.07, 6.45) is 3.89. The van der Waals surface area contributed by atoms with Crippen LogP contribution in [0.1, 0.15) is 0 Å². The zero-order valence-electron chi connectivity index (χ0n) is 17.2. The minimum absolute atomic E-state index is 0.326. The van der Waals surface area contributed by atoms with Crippen molar-refractivity contribution < 1.29 is 9.53 Å². The van der Waals surface area contributed by atoms with Crippen molar-refractivity contribution in [2.24, 2.45) is 0 Å². The molecule has 0 aliphatic carbocycles. The highest BCUT2D eigenvalue weighted by atomic mass is 32.2. The second-order valence-corrected chi connectivity index (χ2v) is 7.81. The number of carbonyl (C=O) groups is 1. The summed E-state index contributed by atoms with van der Waals surface area (Å²) in [6, 6.07) is 14.1. The Hall–Kier alpha value is -3.30. The van der Waals surface area contributed by atoms with Crippen molar-refractivity contribution in [1.29, 1.82) is 0 Å². The molecule has 4 N–H and O–H groups in total. The van der Waals surface area contributed by atoms with Crippen LogP contribution in [0, 0.1) is 0 Å². The van der Waals surface area contributed by atoms with Crippen LogP contribution in [0.25, 0.3) is 11.4 Å². The van der Waals surface area contributed by atoms with Gasteiger partial charge < -0.3 is 26.0 Å². The first-order valence-electron chi connectivity index (χ1n) is 9.90. The molecule has 1 aliphatic heterocycles. The zero-order chi connectivity index (χ0) is 21.6. The number of nitrogens with two attached hydrogens (primary N) is 1. The molecule has 0 radical (unpaired) electrons. The number of amides is 2. The quantitative estimate of drug-likeness (QED) is 0.411. The highest BCUT2D eigenvalue weighted by molar-refractivity contribution is 7.98. The summed E-state index contributed by atoms with van der Waals surface area (Å²) in [6.45, 7) is 3.03. The minimum atomic E-state index is -0.326. The molecule has 1 saturated heterocycles. The van der Waals surface area contributed by atoms with Gasteiger partial charge in [0.1, 0.15) is 5.82 Å². The Balaban J connectivity index is 1.46. The van der Waals surface area contributed by atoms with E-state index in [-0.39, 0.29) is 6.03 Å². The SMILES string of the molecule is CSc1cnc(-c2ccc(NC(=O)Nc3ccc(N)cc3)cc2)nc1N1CCOCC1. The lowest BCUT2D eigenvalue weighted by Gasteiger charge is -2.29. The van der Waals surface area contributed by atoms with E-state index in [1.54, 1.807) is 36.0 Å². The van der Waals surface area contributed by atoms with Gasteiger partial charge in [0, 0.05) is 41.9 Å². The molecule has 4 rings (SSSR count). The molecule has 0 unspecified atom stereocenters. The van der Waals surface area contributed by atoms with Crippen molar-refractivity contribution in [3.05, 3.63) is 54.7 Å². The molecule has 1 fully saturated rings. The average molecular weight is 437 g/mol. The molecule has 0 atom stereocenters. The number of hydrogen-bond acceptors (Lipinski definition) is 7. The molecule has 2 heterocycles. The Labute approximate surface area is 185 Å². The van der Waals surface area contributed by atoms with Gasteiger partial charge in [0.05, 0.1) is 18.1 Å². The van der Waals surface area contributed by atoms with Gasteiger partial charge in [0.15, 0.2) is 5.82 Å². The monoisotopic (exact) mass is 436 g/mol. The van der Waals surface area contributed by atoms with Crippen LogP contribution < -0.4 is 21.3 Å². The third-order valence-electron chi connectivity index (χ3n) is 4.84. The Morgan fingerprint density at radius 2 is 1.65 bits per heavy atom. The van der Waals surface area contributed by atoms with Gasteiger partial charge in [0.2, 0.25) is 0 Å². The number of anilines is 4. The number of urea groups is 1. The third kappa shape index (κ3) is 5.25. The smallest absolute Gasteiger partial charge is 0.323 e. The van der Waals surface area contributed by atoms with Gasteiger partial charge in [-0.25, -0.2) is 14.8 Å². The van der Waals surface area contributed by atoms with Crippen LogP contribution in [0.3, 0.4) is 0 Å². The highest BCUT2D eigenvalue weighted by Crippen LogP contribution is 2.29. The van der Waals surface area contributed by atoms with Gasteiger partial charge in [0.25, 0.3) is 0 Å². The van der Waals surface area contributed by atoms with Crippen LogP contribution in [-0.2, 0) is 4.74 Å². The Morgan fingerprint density at radius 1 is 1.03 bits per heavy atom. The molecule has 3 aromatic rings. The standard InChI is InChI=1S/C22H24N6O2S/c1-31-19-14-24-20(27-21(19)28-10-12-30-13-11-28)15-2-6-17(7-3-15)25-22(29)26-18-8-4-16(23)5-9-18/h2-9,14H,10-13,23H2,1H3,(H2,25,26,29). The molecular weight excluding hydrogens is 412 g/mol. The summed E-state index contributed by atoms with van der Waals surface area (Å²) in [4.78, 5) is 24.8. The molecule has 2 aromatic carbocycles. The van der Waals surface area contributed by atoms with Crippen LogP contribution in [0.5, 0.6) is 0 Å². The van der Waals surface area contributed by atoms with Crippen molar-refractivity contribution in [2.45, 2.75) is 4.90 Å². The summed E-state index contributed by atoms with van der Waals surface area (Å²) in [5.41, 5.74) is 8.53. The number of thioether (sulfide) groups is 1. The van der Waals surface area contributed by atoms with Gasteiger partial charge in [-0.2, -0.15) is 0 Å². The molecule has 1 aromatic heterocycles. The molecule has 2 amide bonds. The fourth-order valence-electron chi connectivity index (χ4n) is 3.21. The predicted molar refractivity (Wildman–Crippen MR) is 126 cm³/mol. The van der Waals surface area contributed by atoms with E-state index >= 15 is 0 Å². The van der Waals surface area contributed by atoms with Crippen molar-refractivity contribution >= 4 is 40.7 Å². The number of ether oxygens (including phenoxy) is 1. The number of benzene rings is 2. The van der Waals surface area contributed by atoms with E-state index in [1.165, 1.54) is 0 Å². The Kier molecular flexibility index (Phi) is 6.54. The second kappa shape index (κ2) is 9.67. The van der Waals surface area contributed by atoms with E-state index < -0.39 is 0 Å². The molecule has 31 heavy (non-hydrogen) atoms. The Bertz CT molecular complexity index is 1040. The Morgan fingerprint density at radius 3 is 2.26 bits per heavy atom. The minimum Gasteiger partial charge on any atom is -0.399 e. The number of hydrogen-bond donors (Lipinski definition) is 3. The van der Waals surface area contributed by atoms with Gasteiger partial charge in [-0.1, -0.05) is 0 Å². The number of nitrogen functional groups attached to an aromatic ring is 1. The van der Waals surface area contributed by atoms with E-state index in [1.807, 2.05) is 36.7 Å². The van der Waals surface area contributed by atoms with E-state index in [9.17, 15) is 4.79 Å². The maximum atomic E-state index is 12.2. The zero-order valence-corrected chi connectivity index (χ0v) is 18.0. The van der Waals surface area contributed by atoms with Gasteiger partial charge >= 0.3 is 6.03 Å². The summed E-state index contributed by atoms with van der Waals surface area (Å²) < 4.78 is 5.46. The maximum absolute atomic E-state index is 12.2. The molecule has 1 aliphatic rings. The number of nitrogens with one attached hydrogen (secondary N) is 2. The molecule has 160 valence electrons. The lowest BCUT2D eigenvalue weighted by Crippen LogP contribution is -2.37. The molecule has 0 saturated carbocycles. The molecule has 8 nitrogen and oxygen atoms in total. The number of rotatable bonds is 5. The number of nitrogens with zero attached hydrogens (tertiary/aromatic N) is 3. The van der Waals surface area contributed by atoms with Gasteiger partial charge in [-0.3, -0.25) is 0 Å². The van der Waals surface area contributed by atoms with E-state index in [4.69, 9.17) is 15.5 Å². The first-order chi connectivity index (χ1) is 15.1. The van der Waals surface area contributed by atoms with E-state index in [0.29, 0.717) is 36.1 Å². The third-order valence-corrected chi connectivity index (χ3v) is 5.56. The lowest BCUT2D eigenvalue weighted by molar-refractivity contribution is 0.122. The van der Waals surface area contributed by atoms with Gasteiger partial charge in [-0.15, -0.1) is 11.8 Å². The van der Waals surface area contributed by atoms with Crippen LogP contribution in [0.15, 0.2) is 59.6 Å². The van der Waals surface area contributed by atoms with Crippen LogP contribution in [0.4, 0.5) is 27.7 Å². The summed E-state index contributed by atoms with van der Waals surface area (Å²) in [5.74, 6) is 1.59. The van der Waals surface area contributed by atoms with Crippen molar-refractivity contribution in [1.82, 2.24) is 9.97 Å². The number of morpholine rings is 1. The number of carbonyl (C=O) groups excluding carboxylic acids is 1. The first kappa shape index (κ1) is 21.0. The van der Waals surface area contributed by atoms with Crippen molar-refractivity contribution in [2.75, 3.05) is 53.8 Å². The largest absolute Gasteiger partial charge is 0.399 e. The van der Waals surface area contributed by atoms with Crippen LogP contribution in [0.2, 0.25) is 0 Å².